The summed E-state index contributed by atoms with van der Waals surface area (Å²) in [5.74, 6) is 0.672. The van der Waals surface area contributed by atoms with E-state index >= 15 is 0 Å². The number of aromatic amines is 1. The molecule has 2 heterocycles. The number of pyridine rings is 1. The molecular formula is C8H6N4. The second-order valence-electron chi connectivity index (χ2n) is 2.39. The van der Waals surface area contributed by atoms with Gasteiger partial charge in [-0.2, -0.15) is 5.26 Å². The highest BCUT2D eigenvalue weighted by molar-refractivity contribution is 5.69. The minimum absolute atomic E-state index is 0.302. The summed E-state index contributed by atoms with van der Waals surface area (Å²) >= 11 is 0. The van der Waals surface area contributed by atoms with Crippen LogP contribution in [0.2, 0.25) is 0 Å². The maximum atomic E-state index is 8.41. The molecule has 0 spiro atoms. The normalized spacial score (nSPS) is 9.92. The minimum atomic E-state index is 0.302. The third-order valence-corrected chi connectivity index (χ3v) is 1.55. The van der Waals surface area contributed by atoms with E-state index in [1.807, 2.05) is 18.2 Å². The molecule has 0 amide bonds. The van der Waals surface area contributed by atoms with Crippen LogP contribution in [0.15, 0.2) is 18.3 Å². The Morgan fingerprint density at radius 2 is 2.50 bits per heavy atom. The molecule has 4 heteroatoms. The van der Waals surface area contributed by atoms with Gasteiger partial charge in [0, 0.05) is 6.20 Å². The molecule has 0 fully saturated rings. The maximum Gasteiger partial charge on any atom is 0.177 e. The van der Waals surface area contributed by atoms with E-state index in [1.165, 1.54) is 0 Å². The molecule has 58 valence electrons. The third kappa shape index (κ3) is 1.01. The first-order chi connectivity index (χ1) is 5.90. The number of nitrogens with zero attached hydrogens (tertiary/aromatic N) is 3. The lowest BCUT2D eigenvalue weighted by atomic mass is 10.4. The van der Waals surface area contributed by atoms with Crippen LogP contribution in [0, 0.1) is 11.3 Å². The number of nitrogens with one attached hydrogen (secondary N) is 1. The lowest BCUT2D eigenvalue weighted by Crippen LogP contribution is -1.82. The van der Waals surface area contributed by atoms with Crippen LogP contribution in [-0.4, -0.2) is 15.0 Å². The van der Waals surface area contributed by atoms with Crippen molar-refractivity contribution < 1.29 is 0 Å². The number of imidazole rings is 1. The minimum Gasteiger partial charge on any atom is -0.340 e. The summed E-state index contributed by atoms with van der Waals surface area (Å²) in [7, 11) is 0. The van der Waals surface area contributed by atoms with Crippen molar-refractivity contribution >= 4 is 11.2 Å². The van der Waals surface area contributed by atoms with Crippen molar-refractivity contribution in [3.05, 3.63) is 24.2 Å². The van der Waals surface area contributed by atoms with Gasteiger partial charge in [-0.15, -0.1) is 0 Å². The number of rotatable bonds is 1. The number of H-pyrrole nitrogens is 1. The van der Waals surface area contributed by atoms with Crippen molar-refractivity contribution in [1.29, 1.82) is 5.26 Å². The van der Waals surface area contributed by atoms with Gasteiger partial charge in [-0.05, 0) is 12.1 Å². The molecule has 4 nitrogen and oxygen atoms in total. The molecule has 12 heavy (non-hydrogen) atoms. The van der Waals surface area contributed by atoms with Crippen molar-refractivity contribution in [1.82, 2.24) is 15.0 Å². The zero-order chi connectivity index (χ0) is 8.39. The SMILES string of the molecule is N#CCc1nc2ncccc2[nH]1. The van der Waals surface area contributed by atoms with Crippen molar-refractivity contribution in [2.75, 3.05) is 0 Å². The summed E-state index contributed by atoms with van der Waals surface area (Å²) in [6, 6.07) is 5.74. The lowest BCUT2D eigenvalue weighted by molar-refractivity contribution is 1.07. The Balaban J connectivity index is 2.56. The van der Waals surface area contributed by atoms with Crippen LogP contribution in [0.3, 0.4) is 0 Å². The maximum absolute atomic E-state index is 8.41. The van der Waals surface area contributed by atoms with Gasteiger partial charge in [-0.3, -0.25) is 0 Å². The fourth-order valence-corrected chi connectivity index (χ4v) is 1.05. The third-order valence-electron chi connectivity index (χ3n) is 1.55. The molecule has 0 bridgehead atoms. The lowest BCUT2D eigenvalue weighted by Gasteiger charge is -1.81. The van der Waals surface area contributed by atoms with E-state index < -0.39 is 0 Å². The zero-order valence-corrected chi connectivity index (χ0v) is 6.28. The van der Waals surface area contributed by atoms with E-state index in [9.17, 15) is 0 Å². The van der Waals surface area contributed by atoms with Crippen LogP contribution < -0.4 is 0 Å². The summed E-state index contributed by atoms with van der Waals surface area (Å²) in [5.41, 5.74) is 1.55. The van der Waals surface area contributed by atoms with Gasteiger partial charge in [0.25, 0.3) is 0 Å². The zero-order valence-electron chi connectivity index (χ0n) is 6.28. The van der Waals surface area contributed by atoms with E-state index in [0.29, 0.717) is 17.9 Å². The highest BCUT2D eigenvalue weighted by atomic mass is 15.0. The average molecular weight is 158 g/mol. The Hall–Kier alpha value is -1.89. The molecule has 0 unspecified atom stereocenters. The van der Waals surface area contributed by atoms with Crippen molar-refractivity contribution in [2.45, 2.75) is 6.42 Å². The Labute approximate surface area is 68.9 Å². The van der Waals surface area contributed by atoms with Crippen LogP contribution in [-0.2, 0) is 6.42 Å². The molecule has 2 aromatic heterocycles. The standard InChI is InChI=1S/C8H6N4/c9-4-3-7-11-6-2-1-5-10-8(6)12-7/h1-2,5H,3H2,(H,10,11,12). The number of hydrogen-bond donors (Lipinski definition) is 1. The predicted molar refractivity (Wildman–Crippen MR) is 43.2 cm³/mol. The number of nitriles is 1. The molecular weight excluding hydrogens is 152 g/mol. The molecule has 0 aromatic carbocycles. The van der Waals surface area contributed by atoms with Gasteiger partial charge in [0.15, 0.2) is 5.65 Å². The molecule has 2 aromatic rings. The van der Waals surface area contributed by atoms with Crippen LogP contribution in [0.1, 0.15) is 5.82 Å². The van der Waals surface area contributed by atoms with Crippen LogP contribution >= 0.6 is 0 Å². The quantitative estimate of drug-likeness (QED) is 0.673. The molecule has 0 aliphatic carbocycles. The van der Waals surface area contributed by atoms with E-state index in [2.05, 4.69) is 15.0 Å². The Morgan fingerprint density at radius 1 is 1.58 bits per heavy atom. The van der Waals surface area contributed by atoms with Crippen molar-refractivity contribution in [2.24, 2.45) is 0 Å². The van der Waals surface area contributed by atoms with E-state index in [-0.39, 0.29) is 0 Å². The highest BCUT2D eigenvalue weighted by Gasteiger charge is 2.00. The number of hydrogen-bond acceptors (Lipinski definition) is 3. The topological polar surface area (TPSA) is 65.4 Å². The molecule has 0 saturated heterocycles. The molecule has 1 N–H and O–H groups in total. The molecule has 0 saturated carbocycles. The van der Waals surface area contributed by atoms with Gasteiger partial charge < -0.3 is 4.98 Å². The second-order valence-corrected chi connectivity index (χ2v) is 2.39. The van der Waals surface area contributed by atoms with Crippen molar-refractivity contribution in [3.8, 4) is 6.07 Å². The molecule has 0 aliphatic heterocycles. The van der Waals surface area contributed by atoms with Crippen molar-refractivity contribution in [3.63, 3.8) is 0 Å². The number of fused-ring (bicyclic) bond motifs is 1. The summed E-state index contributed by atoms with van der Waals surface area (Å²) < 4.78 is 0. The fourth-order valence-electron chi connectivity index (χ4n) is 1.05. The van der Waals surface area contributed by atoms with Gasteiger partial charge in [0.1, 0.15) is 5.82 Å². The molecule has 0 atom stereocenters. The van der Waals surface area contributed by atoms with Gasteiger partial charge in [-0.25, -0.2) is 9.97 Å². The molecule has 0 radical (unpaired) electrons. The summed E-state index contributed by atoms with van der Waals surface area (Å²) in [4.78, 5) is 11.1. The molecule has 0 aliphatic rings. The first-order valence-corrected chi connectivity index (χ1v) is 3.57. The fraction of sp³-hybridized carbons (Fsp3) is 0.125. The Morgan fingerprint density at radius 3 is 3.25 bits per heavy atom. The first kappa shape index (κ1) is 6.80. The Bertz CT molecular complexity index is 404. The average Bonchev–Trinajstić information content (AvgIpc) is 2.47. The summed E-state index contributed by atoms with van der Waals surface area (Å²) in [5, 5.41) is 8.41. The summed E-state index contributed by atoms with van der Waals surface area (Å²) in [6.45, 7) is 0. The van der Waals surface area contributed by atoms with Gasteiger partial charge >= 0.3 is 0 Å². The predicted octanol–water partition coefficient (Wildman–Crippen LogP) is 1.02. The summed E-state index contributed by atoms with van der Waals surface area (Å²) in [6.07, 6.45) is 1.98. The largest absolute Gasteiger partial charge is 0.340 e. The van der Waals surface area contributed by atoms with Crippen LogP contribution in [0.4, 0.5) is 0 Å². The van der Waals surface area contributed by atoms with Gasteiger partial charge in [0.05, 0.1) is 18.0 Å². The van der Waals surface area contributed by atoms with E-state index in [1.54, 1.807) is 6.20 Å². The van der Waals surface area contributed by atoms with Gasteiger partial charge in [0.2, 0.25) is 0 Å². The second kappa shape index (κ2) is 2.62. The Kier molecular flexibility index (Phi) is 1.49. The molecule has 2 rings (SSSR count). The van der Waals surface area contributed by atoms with Gasteiger partial charge in [-0.1, -0.05) is 0 Å². The first-order valence-electron chi connectivity index (χ1n) is 3.57. The van der Waals surface area contributed by atoms with E-state index in [0.717, 1.165) is 5.52 Å². The van der Waals surface area contributed by atoms with E-state index in [4.69, 9.17) is 5.26 Å². The monoisotopic (exact) mass is 158 g/mol. The van der Waals surface area contributed by atoms with Crippen LogP contribution in [0.25, 0.3) is 11.2 Å². The smallest absolute Gasteiger partial charge is 0.177 e. The number of aromatic nitrogens is 3. The van der Waals surface area contributed by atoms with Crippen LogP contribution in [0.5, 0.6) is 0 Å². The highest BCUT2D eigenvalue weighted by Crippen LogP contribution is 2.06.